The SMILES string of the molecule is C=CCN1C(=O)S/C(=C/c2cc(Br)cc(OCC)c2O)C1=O. The van der Waals surface area contributed by atoms with Crippen LogP contribution >= 0.6 is 27.7 Å². The third-order valence-corrected chi connectivity index (χ3v) is 4.21. The lowest BCUT2D eigenvalue weighted by molar-refractivity contribution is -0.122. The average Bonchev–Trinajstić information content (AvgIpc) is 2.72. The van der Waals surface area contributed by atoms with Gasteiger partial charge >= 0.3 is 0 Å². The van der Waals surface area contributed by atoms with Crippen molar-refractivity contribution >= 4 is 44.9 Å². The van der Waals surface area contributed by atoms with Crippen molar-refractivity contribution in [3.8, 4) is 11.5 Å². The van der Waals surface area contributed by atoms with Gasteiger partial charge in [-0.25, -0.2) is 0 Å². The first kappa shape index (κ1) is 16.6. The van der Waals surface area contributed by atoms with Crippen LogP contribution in [0.3, 0.4) is 0 Å². The van der Waals surface area contributed by atoms with Gasteiger partial charge in [0.2, 0.25) is 0 Å². The summed E-state index contributed by atoms with van der Waals surface area (Å²) in [7, 11) is 0. The third kappa shape index (κ3) is 3.36. The topological polar surface area (TPSA) is 66.8 Å². The highest BCUT2D eigenvalue weighted by Crippen LogP contribution is 2.38. The number of nitrogens with zero attached hydrogens (tertiary/aromatic N) is 1. The van der Waals surface area contributed by atoms with Crippen LogP contribution in [0.2, 0.25) is 0 Å². The zero-order valence-electron chi connectivity index (χ0n) is 11.8. The monoisotopic (exact) mass is 383 g/mol. The summed E-state index contributed by atoms with van der Waals surface area (Å²) in [5.74, 6) is -0.152. The number of thioether (sulfide) groups is 1. The molecule has 5 nitrogen and oxygen atoms in total. The highest BCUT2D eigenvalue weighted by atomic mass is 79.9. The number of benzene rings is 1. The zero-order valence-corrected chi connectivity index (χ0v) is 14.2. The molecule has 0 radical (unpaired) electrons. The normalized spacial score (nSPS) is 16.5. The maximum atomic E-state index is 12.2. The molecule has 1 saturated heterocycles. The molecule has 2 amide bonds. The summed E-state index contributed by atoms with van der Waals surface area (Å²) in [5, 5.41) is 9.85. The van der Waals surface area contributed by atoms with E-state index in [1.54, 1.807) is 19.1 Å². The number of imide groups is 1. The molecule has 0 saturated carbocycles. The van der Waals surface area contributed by atoms with Crippen LogP contribution in [0.1, 0.15) is 12.5 Å². The van der Waals surface area contributed by atoms with Crippen LogP contribution in [-0.2, 0) is 4.79 Å². The number of ether oxygens (including phenoxy) is 1. The number of hydrogen-bond donors (Lipinski definition) is 1. The first-order chi connectivity index (χ1) is 10.5. The first-order valence-electron chi connectivity index (χ1n) is 6.49. The standard InChI is InChI=1S/C15H14BrNO4S/c1-3-5-17-14(19)12(22-15(17)20)7-9-6-10(16)8-11(13(9)18)21-4-2/h3,6-8,18H,1,4-5H2,2H3/b12-7+. The maximum Gasteiger partial charge on any atom is 0.293 e. The minimum Gasteiger partial charge on any atom is -0.504 e. The summed E-state index contributed by atoms with van der Waals surface area (Å²) in [6.07, 6.45) is 2.97. The van der Waals surface area contributed by atoms with E-state index in [0.717, 1.165) is 16.7 Å². The fourth-order valence-corrected chi connectivity index (χ4v) is 3.19. The van der Waals surface area contributed by atoms with Gasteiger partial charge in [0, 0.05) is 16.6 Å². The molecule has 2 rings (SSSR count). The van der Waals surface area contributed by atoms with E-state index in [9.17, 15) is 14.7 Å². The molecule has 0 atom stereocenters. The Morgan fingerprint density at radius 1 is 1.45 bits per heavy atom. The second-order valence-corrected chi connectivity index (χ2v) is 6.26. The number of phenols is 1. The van der Waals surface area contributed by atoms with Crippen molar-refractivity contribution in [3.63, 3.8) is 0 Å². The van der Waals surface area contributed by atoms with Crippen molar-refractivity contribution in [1.82, 2.24) is 4.90 Å². The molecule has 0 unspecified atom stereocenters. The zero-order chi connectivity index (χ0) is 16.3. The van der Waals surface area contributed by atoms with Crippen LogP contribution in [0, 0.1) is 0 Å². The summed E-state index contributed by atoms with van der Waals surface area (Å²) in [4.78, 5) is 25.3. The van der Waals surface area contributed by atoms with E-state index in [0.29, 0.717) is 22.4 Å². The number of rotatable bonds is 5. The van der Waals surface area contributed by atoms with E-state index in [1.807, 2.05) is 0 Å². The number of halogens is 1. The van der Waals surface area contributed by atoms with E-state index in [-0.39, 0.29) is 22.4 Å². The molecule has 1 fully saturated rings. The highest BCUT2D eigenvalue weighted by molar-refractivity contribution is 9.10. The summed E-state index contributed by atoms with van der Waals surface area (Å²) < 4.78 is 6.04. The summed E-state index contributed by atoms with van der Waals surface area (Å²) in [5.41, 5.74) is 0.405. The lowest BCUT2D eigenvalue weighted by atomic mass is 10.1. The second kappa shape index (κ2) is 7.02. The van der Waals surface area contributed by atoms with Crippen LogP contribution in [-0.4, -0.2) is 34.3 Å². The molecule has 1 aromatic carbocycles. The van der Waals surface area contributed by atoms with Gasteiger partial charge in [-0.15, -0.1) is 6.58 Å². The van der Waals surface area contributed by atoms with E-state index in [4.69, 9.17) is 4.74 Å². The van der Waals surface area contributed by atoms with Crippen molar-refractivity contribution in [3.05, 3.63) is 39.7 Å². The second-order valence-electron chi connectivity index (χ2n) is 4.36. The number of phenolic OH excluding ortho intramolecular Hbond substituents is 1. The summed E-state index contributed by atoms with van der Waals surface area (Å²) >= 11 is 4.16. The van der Waals surface area contributed by atoms with Crippen molar-refractivity contribution < 1.29 is 19.4 Å². The van der Waals surface area contributed by atoms with Gasteiger partial charge in [-0.3, -0.25) is 14.5 Å². The molecule has 1 heterocycles. The Bertz CT molecular complexity index is 672. The third-order valence-electron chi connectivity index (χ3n) is 2.84. The van der Waals surface area contributed by atoms with E-state index >= 15 is 0 Å². The summed E-state index contributed by atoms with van der Waals surface area (Å²) in [6, 6.07) is 3.29. The summed E-state index contributed by atoms with van der Waals surface area (Å²) in [6.45, 7) is 5.89. The van der Waals surface area contributed by atoms with Crippen molar-refractivity contribution in [1.29, 1.82) is 0 Å². The van der Waals surface area contributed by atoms with Crippen molar-refractivity contribution in [2.75, 3.05) is 13.2 Å². The molecule has 7 heteroatoms. The Labute approximate surface area is 140 Å². The minimum absolute atomic E-state index is 0.0689. The minimum atomic E-state index is -0.396. The van der Waals surface area contributed by atoms with E-state index < -0.39 is 5.91 Å². The predicted octanol–water partition coefficient (Wildman–Crippen LogP) is 3.78. The molecule has 116 valence electrons. The van der Waals surface area contributed by atoms with Crippen LogP contribution in [0.5, 0.6) is 11.5 Å². The first-order valence-corrected chi connectivity index (χ1v) is 8.10. The Hall–Kier alpha value is -1.73. The molecule has 0 spiro atoms. The van der Waals surface area contributed by atoms with Crippen molar-refractivity contribution in [2.45, 2.75) is 6.92 Å². The molecule has 1 aliphatic rings. The Morgan fingerprint density at radius 2 is 2.18 bits per heavy atom. The van der Waals surface area contributed by atoms with Crippen LogP contribution in [0.25, 0.3) is 6.08 Å². The largest absolute Gasteiger partial charge is 0.504 e. The van der Waals surface area contributed by atoms with E-state index in [1.165, 1.54) is 12.2 Å². The Balaban J connectivity index is 2.39. The van der Waals surface area contributed by atoms with Crippen LogP contribution < -0.4 is 4.74 Å². The number of amides is 2. The maximum absolute atomic E-state index is 12.2. The highest BCUT2D eigenvalue weighted by Gasteiger charge is 2.34. The Kier molecular flexibility index (Phi) is 5.31. The van der Waals surface area contributed by atoms with Gasteiger partial charge < -0.3 is 9.84 Å². The quantitative estimate of drug-likeness (QED) is 0.618. The number of aromatic hydroxyl groups is 1. The van der Waals surface area contributed by atoms with Gasteiger partial charge in [0.05, 0.1) is 11.5 Å². The molecular weight excluding hydrogens is 370 g/mol. The van der Waals surface area contributed by atoms with Gasteiger partial charge in [0.1, 0.15) is 0 Å². The van der Waals surface area contributed by atoms with Gasteiger partial charge in [-0.1, -0.05) is 22.0 Å². The molecule has 0 aromatic heterocycles. The van der Waals surface area contributed by atoms with Gasteiger partial charge in [0.15, 0.2) is 11.5 Å². The lowest BCUT2D eigenvalue weighted by Crippen LogP contribution is -2.27. The Morgan fingerprint density at radius 3 is 2.82 bits per heavy atom. The fraction of sp³-hybridized carbons (Fsp3) is 0.200. The number of hydrogen-bond acceptors (Lipinski definition) is 5. The van der Waals surface area contributed by atoms with Crippen LogP contribution in [0.4, 0.5) is 4.79 Å². The van der Waals surface area contributed by atoms with Crippen LogP contribution in [0.15, 0.2) is 34.2 Å². The molecular formula is C15H14BrNO4S. The fourth-order valence-electron chi connectivity index (χ4n) is 1.90. The number of carbonyl (C=O) groups excluding carboxylic acids is 2. The van der Waals surface area contributed by atoms with Gasteiger partial charge in [-0.2, -0.15) is 0 Å². The lowest BCUT2D eigenvalue weighted by Gasteiger charge is -2.10. The van der Waals surface area contributed by atoms with Crippen molar-refractivity contribution in [2.24, 2.45) is 0 Å². The van der Waals surface area contributed by atoms with Gasteiger partial charge in [-0.05, 0) is 36.9 Å². The molecule has 0 aliphatic carbocycles. The molecule has 0 bridgehead atoms. The predicted molar refractivity (Wildman–Crippen MR) is 89.8 cm³/mol. The number of carbonyl (C=O) groups is 2. The molecule has 1 N–H and O–H groups in total. The molecule has 1 aliphatic heterocycles. The molecule has 22 heavy (non-hydrogen) atoms. The smallest absolute Gasteiger partial charge is 0.293 e. The molecule has 1 aromatic rings. The van der Waals surface area contributed by atoms with E-state index in [2.05, 4.69) is 22.5 Å². The van der Waals surface area contributed by atoms with Gasteiger partial charge in [0.25, 0.3) is 11.1 Å². The average molecular weight is 384 g/mol.